The van der Waals surface area contributed by atoms with Crippen molar-refractivity contribution in [3.63, 3.8) is 0 Å². The van der Waals surface area contributed by atoms with Gasteiger partial charge in [0.05, 0.1) is 16.7 Å². The second-order valence-corrected chi connectivity index (χ2v) is 7.94. The van der Waals surface area contributed by atoms with Crippen LogP contribution in [0.1, 0.15) is 48.4 Å². The van der Waals surface area contributed by atoms with Gasteiger partial charge >= 0.3 is 18.4 Å². The summed E-state index contributed by atoms with van der Waals surface area (Å²) in [7, 11) is 0. The van der Waals surface area contributed by atoms with E-state index in [-0.39, 0.29) is 11.3 Å². The Labute approximate surface area is 198 Å². The van der Waals surface area contributed by atoms with E-state index in [2.05, 4.69) is 11.7 Å². The number of aryl methyl sites for hydroxylation is 1. The Balaban J connectivity index is 1.65. The fraction of sp³-hybridized carbons (Fsp3) is 0.308. The van der Waals surface area contributed by atoms with Gasteiger partial charge in [0, 0.05) is 0 Å². The molecule has 3 aromatic carbocycles. The van der Waals surface area contributed by atoms with Crippen molar-refractivity contribution in [1.29, 1.82) is 0 Å². The molecule has 9 heteroatoms. The van der Waals surface area contributed by atoms with Crippen LogP contribution in [0, 0.1) is 0 Å². The lowest BCUT2D eigenvalue weighted by Crippen LogP contribution is -2.23. The van der Waals surface area contributed by atoms with E-state index in [9.17, 15) is 30.7 Å². The summed E-state index contributed by atoms with van der Waals surface area (Å²) >= 11 is 0. The third-order valence-electron chi connectivity index (χ3n) is 5.22. The highest BCUT2D eigenvalue weighted by molar-refractivity contribution is 5.33. The summed E-state index contributed by atoms with van der Waals surface area (Å²) in [4.78, 5) is 0. The van der Waals surface area contributed by atoms with Crippen molar-refractivity contribution in [3.05, 3.63) is 95.1 Å². The van der Waals surface area contributed by atoms with Gasteiger partial charge in [0.1, 0.15) is 11.5 Å². The van der Waals surface area contributed by atoms with E-state index in [0.29, 0.717) is 12.1 Å². The molecule has 0 spiro atoms. The first kappa shape index (κ1) is 26.4. The molecular weight excluding hydrogens is 477 g/mol. The van der Waals surface area contributed by atoms with Crippen LogP contribution in [0.5, 0.6) is 11.5 Å². The number of benzene rings is 3. The van der Waals surface area contributed by atoms with Crippen LogP contribution in [-0.4, -0.2) is 0 Å². The van der Waals surface area contributed by atoms with Crippen LogP contribution in [0.4, 0.5) is 30.7 Å². The average Bonchev–Trinajstić information content (AvgIpc) is 2.79. The van der Waals surface area contributed by atoms with Crippen molar-refractivity contribution < 1.29 is 40.2 Å². The van der Waals surface area contributed by atoms with Gasteiger partial charge in [-0.25, -0.2) is 0 Å². The fourth-order valence-electron chi connectivity index (χ4n) is 3.29. The Hall–Kier alpha value is -3.23. The molecule has 0 amide bonds. The van der Waals surface area contributed by atoms with E-state index in [4.69, 9.17) is 4.74 Å². The minimum absolute atomic E-state index is 0.351. The van der Waals surface area contributed by atoms with Gasteiger partial charge in [0.25, 0.3) is 0 Å². The molecule has 0 saturated heterocycles. The number of rotatable bonds is 10. The van der Waals surface area contributed by atoms with Gasteiger partial charge in [-0.1, -0.05) is 31.9 Å². The number of hydrogen-bond acceptors (Lipinski definition) is 2. The van der Waals surface area contributed by atoms with Crippen molar-refractivity contribution in [3.8, 4) is 11.5 Å². The summed E-state index contributed by atoms with van der Waals surface area (Å²) in [6, 6.07) is 12.0. The highest BCUT2D eigenvalue weighted by Gasteiger charge is 2.37. The Morgan fingerprint density at radius 2 is 0.943 bits per heavy atom. The standard InChI is InChI=1S/C26H23F7O2/c1-2-3-4-5-18-6-8-20(9-7-18)25(30,31)35-23-16-12-21(13-17-23)26(32,33)34-22-14-10-19(11-15-22)24(27,28)29/h6-17H,2-5H2,1H3. The first-order chi connectivity index (χ1) is 16.4. The molecule has 0 aliphatic heterocycles. The highest BCUT2D eigenvalue weighted by Crippen LogP contribution is 2.36. The third kappa shape index (κ3) is 7.13. The molecular formula is C26H23F7O2. The van der Waals surface area contributed by atoms with Crippen LogP contribution in [0.15, 0.2) is 72.8 Å². The van der Waals surface area contributed by atoms with Crippen LogP contribution >= 0.6 is 0 Å². The first-order valence-corrected chi connectivity index (χ1v) is 10.9. The molecule has 3 aromatic rings. The smallest absolute Gasteiger partial charge is 0.426 e. The topological polar surface area (TPSA) is 18.5 Å². The zero-order valence-electron chi connectivity index (χ0n) is 18.7. The number of halogens is 7. The monoisotopic (exact) mass is 500 g/mol. The summed E-state index contributed by atoms with van der Waals surface area (Å²) in [5, 5.41) is 0. The maximum absolute atomic E-state index is 14.5. The van der Waals surface area contributed by atoms with E-state index in [1.807, 2.05) is 0 Å². The van der Waals surface area contributed by atoms with E-state index in [0.717, 1.165) is 67.6 Å². The highest BCUT2D eigenvalue weighted by atomic mass is 19.4. The normalized spacial score (nSPS) is 12.5. The number of unbranched alkanes of at least 4 members (excludes halogenated alkanes) is 2. The molecule has 0 heterocycles. The van der Waals surface area contributed by atoms with Crippen LogP contribution in [0.2, 0.25) is 0 Å². The summed E-state index contributed by atoms with van der Waals surface area (Å²) in [5.74, 6) is -0.843. The van der Waals surface area contributed by atoms with Gasteiger partial charge < -0.3 is 9.47 Å². The quantitative estimate of drug-likeness (QED) is 0.205. The van der Waals surface area contributed by atoms with Crippen molar-refractivity contribution in [2.45, 2.75) is 51.0 Å². The predicted molar refractivity (Wildman–Crippen MR) is 117 cm³/mol. The van der Waals surface area contributed by atoms with Gasteiger partial charge in [-0.05, 0) is 79.1 Å². The third-order valence-corrected chi connectivity index (χ3v) is 5.22. The van der Waals surface area contributed by atoms with Crippen LogP contribution in [-0.2, 0) is 24.8 Å². The molecule has 0 unspecified atom stereocenters. The SMILES string of the molecule is CCCCCc1ccc(C(F)(F)Oc2ccc(C(F)(F)Oc3ccc(C(F)(F)F)cc3)cc2)cc1. The molecule has 0 bridgehead atoms. The average molecular weight is 500 g/mol. The molecule has 0 atom stereocenters. The number of hydrogen-bond donors (Lipinski definition) is 0. The zero-order chi connectivity index (χ0) is 25.7. The Kier molecular flexibility index (Phi) is 7.97. The number of ether oxygens (including phenoxy) is 2. The van der Waals surface area contributed by atoms with Crippen molar-refractivity contribution in [2.24, 2.45) is 0 Å². The molecule has 35 heavy (non-hydrogen) atoms. The van der Waals surface area contributed by atoms with Crippen LogP contribution in [0.25, 0.3) is 0 Å². The Bertz CT molecular complexity index is 1070. The van der Waals surface area contributed by atoms with E-state index in [1.165, 1.54) is 12.1 Å². The maximum Gasteiger partial charge on any atom is 0.426 e. The first-order valence-electron chi connectivity index (χ1n) is 10.9. The zero-order valence-corrected chi connectivity index (χ0v) is 18.7. The molecule has 2 nitrogen and oxygen atoms in total. The van der Waals surface area contributed by atoms with Crippen molar-refractivity contribution in [1.82, 2.24) is 0 Å². The minimum Gasteiger partial charge on any atom is -0.429 e. The molecule has 0 saturated carbocycles. The molecule has 0 radical (unpaired) electrons. The Morgan fingerprint density at radius 1 is 0.543 bits per heavy atom. The lowest BCUT2D eigenvalue weighted by Gasteiger charge is -2.21. The van der Waals surface area contributed by atoms with Crippen LogP contribution in [0.3, 0.4) is 0 Å². The van der Waals surface area contributed by atoms with Gasteiger partial charge in [-0.2, -0.15) is 30.7 Å². The maximum atomic E-state index is 14.5. The van der Waals surface area contributed by atoms with Crippen LogP contribution < -0.4 is 9.47 Å². The lowest BCUT2D eigenvalue weighted by molar-refractivity contribution is -0.187. The molecule has 0 fully saturated rings. The molecule has 0 aliphatic rings. The second-order valence-electron chi connectivity index (χ2n) is 7.94. The van der Waals surface area contributed by atoms with Gasteiger partial charge in [-0.15, -0.1) is 0 Å². The molecule has 3 rings (SSSR count). The summed E-state index contributed by atoms with van der Waals surface area (Å²) in [5.41, 5.74) is -1.15. The van der Waals surface area contributed by atoms with E-state index in [1.54, 1.807) is 12.1 Å². The summed E-state index contributed by atoms with van der Waals surface area (Å²) in [6.45, 7) is 2.07. The van der Waals surface area contributed by atoms with E-state index >= 15 is 0 Å². The van der Waals surface area contributed by atoms with E-state index < -0.39 is 35.3 Å². The summed E-state index contributed by atoms with van der Waals surface area (Å²) in [6.07, 6.45) is -8.39. The number of alkyl halides is 7. The lowest BCUT2D eigenvalue weighted by atomic mass is 10.1. The van der Waals surface area contributed by atoms with Crippen molar-refractivity contribution in [2.75, 3.05) is 0 Å². The largest absolute Gasteiger partial charge is 0.429 e. The van der Waals surface area contributed by atoms with Gasteiger partial charge in [-0.3, -0.25) is 0 Å². The van der Waals surface area contributed by atoms with Gasteiger partial charge in [0.2, 0.25) is 0 Å². The Morgan fingerprint density at radius 3 is 1.34 bits per heavy atom. The van der Waals surface area contributed by atoms with Crippen molar-refractivity contribution >= 4 is 0 Å². The fourth-order valence-corrected chi connectivity index (χ4v) is 3.29. The minimum atomic E-state index is -4.62. The summed E-state index contributed by atoms with van der Waals surface area (Å²) < 4.78 is 105. The molecule has 188 valence electrons. The predicted octanol–water partition coefficient (Wildman–Crippen LogP) is 8.69. The molecule has 0 N–H and O–H groups in total. The van der Waals surface area contributed by atoms with Gasteiger partial charge in [0.15, 0.2) is 0 Å². The molecule has 0 aliphatic carbocycles. The second kappa shape index (κ2) is 10.6. The molecule has 0 aromatic heterocycles.